The van der Waals surface area contributed by atoms with Crippen molar-refractivity contribution in [3.63, 3.8) is 0 Å². The lowest BCUT2D eigenvalue weighted by Crippen LogP contribution is -2.21. The molecule has 0 saturated carbocycles. The van der Waals surface area contributed by atoms with Crippen LogP contribution in [0.2, 0.25) is 0 Å². The second-order valence-corrected chi connectivity index (χ2v) is 4.67. The summed E-state index contributed by atoms with van der Waals surface area (Å²) in [5.41, 5.74) is -0.978. The van der Waals surface area contributed by atoms with Gasteiger partial charge in [-0.15, -0.1) is 0 Å². The van der Waals surface area contributed by atoms with E-state index >= 15 is 0 Å². The maximum atomic E-state index is 12.9. The van der Waals surface area contributed by atoms with E-state index in [2.05, 4.69) is 10.3 Å². The molecule has 21 heavy (non-hydrogen) atoms. The van der Waals surface area contributed by atoms with E-state index in [9.17, 15) is 13.2 Å². The van der Waals surface area contributed by atoms with Crippen molar-refractivity contribution in [2.75, 3.05) is 5.32 Å². The van der Waals surface area contributed by atoms with E-state index in [1.165, 1.54) is 12.1 Å². The molecule has 0 amide bonds. The fourth-order valence-corrected chi connectivity index (χ4v) is 2.01. The van der Waals surface area contributed by atoms with Crippen LogP contribution in [-0.4, -0.2) is 15.6 Å². The molecule has 0 bridgehead atoms. The standard InChI is InChI=1S/C14H13F3N4/c1-10(8-21-5-4-19-9-21)20-12-3-2-11(7-18)13(6-12)14(15,16)17/h2-6,9-10,20H,8H2,1H3. The van der Waals surface area contributed by atoms with Gasteiger partial charge in [0.1, 0.15) is 0 Å². The average molecular weight is 294 g/mol. The van der Waals surface area contributed by atoms with Gasteiger partial charge in [-0.2, -0.15) is 18.4 Å². The van der Waals surface area contributed by atoms with Crippen molar-refractivity contribution in [3.05, 3.63) is 48.0 Å². The number of benzene rings is 1. The second kappa shape index (κ2) is 5.87. The van der Waals surface area contributed by atoms with Gasteiger partial charge in [-0.3, -0.25) is 0 Å². The summed E-state index contributed by atoms with van der Waals surface area (Å²) in [7, 11) is 0. The highest BCUT2D eigenvalue weighted by molar-refractivity contribution is 5.53. The first-order valence-corrected chi connectivity index (χ1v) is 6.24. The molecule has 0 spiro atoms. The molecule has 0 radical (unpaired) electrons. The summed E-state index contributed by atoms with van der Waals surface area (Å²) in [6.07, 6.45) is 0.503. The van der Waals surface area contributed by atoms with Gasteiger partial charge < -0.3 is 9.88 Å². The van der Waals surface area contributed by atoms with Crippen molar-refractivity contribution in [2.24, 2.45) is 0 Å². The Morgan fingerprint density at radius 1 is 1.43 bits per heavy atom. The number of rotatable bonds is 4. The molecule has 0 aliphatic carbocycles. The Bertz CT molecular complexity index is 641. The molecule has 0 aliphatic heterocycles. The van der Waals surface area contributed by atoms with Gasteiger partial charge in [0.2, 0.25) is 0 Å². The Morgan fingerprint density at radius 3 is 2.76 bits per heavy atom. The Hall–Kier alpha value is -2.49. The number of nitrogens with zero attached hydrogens (tertiary/aromatic N) is 3. The van der Waals surface area contributed by atoms with E-state index in [1.807, 2.05) is 11.5 Å². The summed E-state index contributed by atoms with van der Waals surface area (Å²) < 4.78 is 40.4. The normalized spacial score (nSPS) is 12.7. The number of halogens is 3. The highest BCUT2D eigenvalue weighted by Gasteiger charge is 2.33. The van der Waals surface area contributed by atoms with Crippen LogP contribution in [0.15, 0.2) is 36.9 Å². The van der Waals surface area contributed by atoms with E-state index in [1.54, 1.807) is 24.8 Å². The van der Waals surface area contributed by atoms with Crippen LogP contribution in [0.4, 0.5) is 18.9 Å². The molecule has 2 aromatic rings. The van der Waals surface area contributed by atoms with Crippen molar-refractivity contribution in [3.8, 4) is 6.07 Å². The predicted molar refractivity (Wildman–Crippen MR) is 71.5 cm³/mol. The molecule has 1 heterocycles. The summed E-state index contributed by atoms with van der Waals surface area (Å²) in [5, 5.41) is 11.7. The first-order valence-electron chi connectivity index (χ1n) is 6.24. The zero-order chi connectivity index (χ0) is 15.5. The van der Waals surface area contributed by atoms with Gasteiger partial charge in [-0.1, -0.05) is 0 Å². The molecule has 7 heteroatoms. The number of hydrogen-bond donors (Lipinski definition) is 1. The molecule has 4 nitrogen and oxygen atoms in total. The van der Waals surface area contributed by atoms with E-state index in [-0.39, 0.29) is 11.6 Å². The maximum Gasteiger partial charge on any atom is 0.417 e. The molecule has 0 aliphatic rings. The van der Waals surface area contributed by atoms with Crippen LogP contribution < -0.4 is 5.32 Å². The Morgan fingerprint density at radius 2 is 2.19 bits per heavy atom. The average Bonchev–Trinajstić information content (AvgIpc) is 2.90. The van der Waals surface area contributed by atoms with Crippen LogP contribution in [0.5, 0.6) is 0 Å². The van der Waals surface area contributed by atoms with Gasteiger partial charge in [0.25, 0.3) is 0 Å². The first-order chi connectivity index (χ1) is 9.90. The van der Waals surface area contributed by atoms with Crippen LogP contribution in [-0.2, 0) is 12.7 Å². The molecular weight excluding hydrogens is 281 g/mol. The van der Waals surface area contributed by atoms with E-state index in [0.29, 0.717) is 12.2 Å². The Labute approximate surface area is 119 Å². The van der Waals surface area contributed by atoms with Crippen LogP contribution in [0.1, 0.15) is 18.1 Å². The third-order valence-electron chi connectivity index (χ3n) is 2.90. The highest BCUT2D eigenvalue weighted by atomic mass is 19.4. The summed E-state index contributed by atoms with van der Waals surface area (Å²) in [6.45, 7) is 2.42. The van der Waals surface area contributed by atoms with Gasteiger partial charge >= 0.3 is 6.18 Å². The Balaban J connectivity index is 2.16. The molecular formula is C14H13F3N4. The molecule has 1 atom stereocenters. The van der Waals surface area contributed by atoms with Gasteiger partial charge in [0.15, 0.2) is 0 Å². The number of imidazole rings is 1. The lowest BCUT2D eigenvalue weighted by molar-refractivity contribution is -0.137. The van der Waals surface area contributed by atoms with Crippen LogP contribution in [0.25, 0.3) is 0 Å². The largest absolute Gasteiger partial charge is 0.417 e. The second-order valence-electron chi connectivity index (χ2n) is 4.67. The monoisotopic (exact) mass is 294 g/mol. The molecule has 110 valence electrons. The lowest BCUT2D eigenvalue weighted by atomic mass is 10.1. The maximum absolute atomic E-state index is 12.9. The van der Waals surface area contributed by atoms with Crippen molar-refractivity contribution >= 4 is 5.69 Å². The smallest absolute Gasteiger partial charge is 0.381 e. The van der Waals surface area contributed by atoms with E-state index < -0.39 is 11.7 Å². The Kier molecular flexibility index (Phi) is 4.17. The van der Waals surface area contributed by atoms with Crippen LogP contribution >= 0.6 is 0 Å². The topological polar surface area (TPSA) is 53.6 Å². The van der Waals surface area contributed by atoms with Gasteiger partial charge in [0, 0.05) is 30.7 Å². The number of anilines is 1. The number of aromatic nitrogens is 2. The zero-order valence-electron chi connectivity index (χ0n) is 11.2. The zero-order valence-corrected chi connectivity index (χ0v) is 11.2. The molecule has 1 unspecified atom stereocenters. The summed E-state index contributed by atoms with van der Waals surface area (Å²) in [6, 6.07) is 5.08. The number of nitrogens with one attached hydrogen (secondary N) is 1. The van der Waals surface area contributed by atoms with Crippen LogP contribution in [0.3, 0.4) is 0 Å². The van der Waals surface area contributed by atoms with Gasteiger partial charge in [0.05, 0.1) is 23.5 Å². The minimum absolute atomic E-state index is 0.0896. The fourth-order valence-electron chi connectivity index (χ4n) is 2.01. The number of alkyl halides is 3. The van der Waals surface area contributed by atoms with Crippen molar-refractivity contribution in [1.82, 2.24) is 9.55 Å². The third kappa shape index (κ3) is 3.75. The van der Waals surface area contributed by atoms with Gasteiger partial charge in [-0.25, -0.2) is 4.98 Å². The van der Waals surface area contributed by atoms with E-state index in [4.69, 9.17) is 5.26 Å². The van der Waals surface area contributed by atoms with E-state index in [0.717, 1.165) is 6.07 Å². The summed E-state index contributed by atoms with van der Waals surface area (Å²) >= 11 is 0. The predicted octanol–water partition coefficient (Wildman–Crippen LogP) is 3.27. The molecule has 1 N–H and O–H groups in total. The van der Waals surface area contributed by atoms with Crippen molar-refractivity contribution in [1.29, 1.82) is 5.26 Å². The molecule has 0 fully saturated rings. The third-order valence-corrected chi connectivity index (χ3v) is 2.90. The molecule has 1 aromatic carbocycles. The SMILES string of the molecule is CC(Cn1ccnc1)Nc1ccc(C#N)c(C(F)(F)F)c1. The number of hydrogen-bond acceptors (Lipinski definition) is 3. The lowest BCUT2D eigenvalue weighted by Gasteiger charge is -2.17. The minimum atomic E-state index is -4.55. The molecule has 2 rings (SSSR count). The number of nitriles is 1. The molecule has 1 aromatic heterocycles. The van der Waals surface area contributed by atoms with Crippen LogP contribution in [0, 0.1) is 11.3 Å². The summed E-state index contributed by atoms with van der Waals surface area (Å²) in [4.78, 5) is 3.90. The fraction of sp³-hybridized carbons (Fsp3) is 0.286. The minimum Gasteiger partial charge on any atom is -0.381 e. The highest BCUT2D eigenvalue weighted by Crippen LogP contribution is 2.33. The van der Waals surface area contributed by atoms with Crippen molar-refractivity contribution in [2.45, 2.75) is 25.7 Å². The van der Waals surface area contributed by atoms with Gasteiger partial charge in [-0.05, 0) is 25.1 Å². The molecule has 0 saturated heterocycles. The summed E-state index contributed by atoms with van der Waals surface area (Å²) in [5.74, 6) is 0. The van der Waals surface area contributed by atoms with Crippen molar-refractivity contribution < 1.29 is 13.2 Å². The first kappa shape index (κ1) is 14.9. The quantitative estimate of drug-likeness (QED) is 0.941.